The van der Waals surface area contributed by atoms with E-state index in [1.807, 2.05) is 0 Å². The fourth-order valence-electron chi connectivity index (χ4n) is 2.49. The summed E-state index contributed by atoms with van der Waals surface area (Å²) in [6.45, 7) is 3.24. The average Bonchev–Trinajstić information content (AvgIpc) is 2.97. The topological polar surface area (TPSA) is 62.9 Å². The van der Waals surface area contributed by atoms with Crippen molar-refractivity contribution in [2.75, 3.05) is 38.6 Å². The second-order valence-corrected chi connectivity index (χ2v) is 7.02. The van der Waals surface area contributed by atoms with E-state index in [1.54, 1.807) is 0 Å². The fraction of sp³-hybridized carbons (Fsp3) is 0.571. The quantitative estimate of drug-likeness (QED) is 0.782. The van der Waals surface area contributed by atoms with Crippen molar-refractivity contribution in [2.45, 2.75) is 17.4 Å². The summed E-state index contributed by atoms with van der Waals surface area (Å²) in [4.78, 5) is 2.08. The number of hydrogen-bond donors (Lipinski definition) is 1. The van der Waals surface area contributed by atoms with E-state index in [9.17, 15) is 18.3 Å². The highest BCUT2D eigenvalue weighted by Crippen LogP contribution is 2.33. The number of nitrogens with zero attached hydrogens (tertiary/aromatic N) is 4. The first-order valence-electron chi connectivity index (χ1n) is 7.57. The molecule has 138 valence electrons. The van der Waals surface area contributed by atoms with Gasteiger partial charge in [0.15, 0.2) is 10.8 Å². The number of morpholine rings is 1. The maximum absolute atomic E-state index is 12.9. The number of thioether (sulfide) groups is 1. The first-order chi connectivity index (χ1) is 11.8. The van der Waals surface area contributed by atoms with Crippen LogP contribution in [-0.4, -0.2) is 69.3 Å². The molecule has 1 N–H and O–H groups in total. The zero-order valence-corrected chi connectivity index (χ0v) is 14.6. The monoisotopic (exact) mass is 396 g/mol. The van der Waals surface area contributed by atoms with Gasteiger partial charge >= 0.3 is 6.18 Å². The minimum Gasteiger partial charge on any atom is -0.391 e. The van der Waals surface area contributed by atoms with Crippen molar-refractivity contribution in [1.29, 1.82) is 0 Å². The third-order valence-corrected chi connectivity index (χ3v) is 5.10. The maximum Gasteiger partial charge on any atom is 0.417 e. The summed E-state index contributed by atoms with van der Waals surface area (Å²) in [5.41, 5.74) is -0.722. The van der Waals surface area contributed by atoms with E-state index < -0.39 is 17.8 Å². The Balaban J connectivity index is 1.69. The van der Waals surface area contributed by atoms with Gasteiger partial charge in [0.05, 0.1) is 29.9 Å². The zero-order valence-electron chi connectivity index (χ0n) is 13.0. The molecule has 0 amide bonds. The molecular formula is C14H16ClF3N4O2S. The molecule has 0 radical (unpaired) electrons. The van der Waals surface area contributed by atoms with Gasteiger partial charge in [-0.2, -0.15) is 13.2 Å². The third kappa shape index (κ3) is 4.56. The van der Waals surface area contributed by atoms with E-state index >= 15 is 0 Å². The molecule has 1 aliphatic rings. The van der Waals surface area contributed by atoms with Crippen LogP contribution >= 0.6 is 23.4 Å². The van der Waals surface area contributed by atoms with Crippen LogP contribution in [-0.2, 0) is 10.9 Å². The Bertz CT molecular complexity index is 737. The maximum atomic E-state index is 12.9. The Morgan fingerprint density at radius 2 is 2.04 bits per heavy atom. The van der Waals surface area contributed by atoms with E-state index in [2.05, 4.69) is 15.1 Å². The lowest BCUT2D eigenvalue weighted by atomic mass is 10.3. The Kier molecular flexibility index (Phi) is 5.74. The molecule has 6 nitrogen and oxygen atoms in total. The van der Waals surface area contributed by atoms with Crippen LogP contribution in [0.15, 0.2) is 17.4 Å². The summed E-state index contributed by atoms with van der Waals surface area (Å²) in [6, 6.07) is 0.827. The number of alkyl halides is 3. The van der Waals surface area contributed by atoms with Gasteiger partial charge in [-0.3, -0.25) is 9.30 Å². The molecule has 3 heterocycles. The van der Waals surface area contributed by atoms with E-state index in [0.717, 1.165) is 37.1 Å². The molecule has 1 unspecified atom stereocenters. The molecule has 0 aliphatic carbocycles. The van der Waals surface area contributed by atoms with Gasteiger partial charge in [-0.05, 0) is 6.07 Å². The predicted octanol–water partition coefficient (Wildman–Crippen LogP) is 2.19. The Morgan fingerprint density at radius 3 is 2.72 bits per heavy atom. The first kappa shape index (κ1) is 18.7. The van der Waals surface area contributed by atoms with Crippen LogP contribution in [0.3, 0.4) is 0 Å². The first-order valence-corrected chi connectivity index (χ1v) is 8.93. The van der Waals surface area contributed by atoms with Crippen molar-refractivity contribution in [2.24, 2.45) is 0 Å². The van der Waals surface area contributed by atoms with Crippen LogP contribution < -0.4 is 0 Å². The number of hydrogen-bond acceptors (Lipinski definition) is 6. The molecule has 1 aliphatic heterocycles. The van der Waals surface area contributed by atoms with E-state index in [4.69, 9.17) is 16.3 Å². The number of fused-ring (bicyclic) bond motifs is 1. The van der Waals surface area contributed by atoms with Gasteiger partial charge in [0, 0.05) is 31.6 Å². The van der Waals surface area contributed by atoms with Gasteiger partial charge in [-0.25, -0.2) is 0 Å². The largest absolute Gasteiger partial charge is 0.417 e. The van der Waals surface area contributed by atoms with Gasteiger partial charge in [-0.15, -0.1) is 10.2 Å². The molecule has 0 bridgehead atoms. The standard InChI is InChI=1S/C14H16ClF3N4O2S/c15-11-5-9(14(16,17)18)6-22-12(11)19-20-13(22)25-8-10(23)7-21-1-3-24-4-2-21/h5-6,10,23H,1-4,7-8H2. The van der Waals surface area contributed by atoms with Crippen molar-refractivity contribution in [3.05, 3.63) is 22.8 Å². The molecule has 2 aromatic heterocycles. The molecule has 0 spiro atoms. The summed E-state index contributed by atoms with van der Waals surface area (Å²) in [6.07, 6.45) is -4.24. The number of aromatic nitrogens is 3. The van der Waals surface area contributed by atoms with Gasteiger partial charge in [-0.1, -0.05) is 23.4 Å². The number of pyridine rings is 1. The van der Waals surface area contributed by atoms with Crippen LogP contribution in [0.4, 0.5) is 13.2 Å². The van der Waals surface area contributed by atoms with Crippen molar-refractivity contribution < 1.29 is 23.0 Å². The number of aliphatic hydroxyl groups excluding tert-OH is 1. The van der Waals surface area contributed by atoms with Crippen molar-refractivity contribution in [1.82, 2.24) is 19.5 Å². The number of β-amino-alcohol motifs (C(OH)–C–C–N with tert-alkyl or cyclic N) is 1. The molecule has 3 rings (SSSR count). The SMILES string of the molecule is OC(CSc1nnc2c(Cl)cc(C(F)(F)F)cn12)CN1CCOCC1. The highest BCUT2D eigenvalue weighted by atomic mass is 35.5. The van der Waals surface area contributed by atoms with Crippen molar-refractivity contribution in [3.8, 4) is 0 Å². The van der Waals surface area contributed by atoms with Gasteiger partial charge in [0.1, 0.15) is 0 Å². The number of rotatable bonds is 5. The molecule has 0 aromatic carbocycles. The van der Waals surface area contributed by atoms with E-state index in [1.165, 1.54) is 4.40 Å². The zero-order chi connectivity index (χ0) is 18.0. The van der Waals surface area contributed by atoms with Crippen LogP contribution in [0, 0.1) is 0 Å². The lowest BCUT2D eigenvalue weighted by Crippen LogP contribution is -2.41. The normalized spacial score (nSPS) is 18.0. The van der Waals surface area contributed by atoms with E-state index in [-0.39, 0.29) is 21.6 Å². The lowest BCUT2D eigenvalue weighted by Gasteiger charge is -2.28. The molecule has 1 atom stereocenters. The summed E-state index contributed by atoms with van der Waals surface area (Å²) in [5.74, 6) is 0.284. The number of aliphatic hydroxyl groups is 1. The van der Waals surface area contributed by atoms with Crippen LogP contribution in [0.1, 0.15) is 5.56 Å². The summed E-state index contributed by atoms with van der Waals surface area (Å²) < 4.78 is 45.2. The highest BCUT2D eigenvalue weighted by molar-refractivity contribution is 7.99. The fourth-order valence-corrected chi connectivity index (χ4v) is 3.56. The second-order valence-electron chi connectivity index (χ2n) is 5.63. The Labute approximate surface area is 150 Å². The van der Waals surface area contributed by atoms with Crippen LogP contribution in [0.25, 0.3) is 5.65 Å². The molecule has 1 saturated heterocycles. The minimum absolute atomic E-state index is 0.122. The molecule has 0 saturated carbocycles. The van der Waals surface area contributed by atoms with Crippen LogP contribution in [0.5, 0.6) is 0 Å². The lowest BCUT2D eigenvalue weighted by molar-refractivity contribution is -0.137. The van der Waals surface area contributed by atoms with Gasteiger partial charge in [0.25, 0.3) is 0 Å². The molecular weight excluding hydrogens is 381 g/mol. The summed E-state index contributed by atoms with van der Waals surface area (Å²) >= 11 is 7.01. The Hall–Kier alpha value is -1.07. The van der Waals surface area contributed by atoms with Crippen molar-refractivity contribution in [3.63, 3.8) is 0 Å². The van der Waals surface area contributed by atoms with Gasteiger partial charge < -0.3 is 9.84 Å². The predicted molar refractivity (Wildman–Crippen MR) is 87.0 cm³/mol. The van der Waals surface area contributed by atoms with Gasteiger partial charge in [0.2, 0.25) is 0 Å². The summed E-state index contributed by atoms with van der Waals surface area (Å²) in [7, 11) is 0. The Morgan fingerprint density at radius 1 is 1.32 bits per heavy atom. The average molecular weight is 397 g/mol. The smallest absolute Gasteiger partial charge is 0.391 e. The third-order valence-electron chi connectivity index (χ3n) is 3.73. The second kappa shape index (κ2) is 7.67. The van der Waals surface area contributed by atoms with E-state index in [0.29, 0.717) is 19.8 Å². The highest BCUT2D eigenvalue weighted by Gasteiger charge is 2.32. The van der Waals surface area contributed by atoms with Crippen LogP contribution in [0.2, 0.25) is 5.02 Å². The van der Waals surface area contributed by atoms with Crippen molar-refractivity contribution >= 4 is 29.0 Å². The number of halogens is 4. The number of ether oxygens (including phenoxy) is 1. The summed E-state index contributed by atoms with van der Waals surface area (Å²) in [5, 5.41) is 18.0. The minimum atomic E-state index is -4.51. The molecule has 1 fully saturated rings. The molecule has 25 heavy (non-hydrogen) atoms. The molecule has 2 aromatic rings. The molecule has 11 heteroatoms.